The van der Waals surface area contributed by atoms with Gasteiger partial charge in [-0.1, -0.05) is 11.6 Å². The Labute approximate surface area is 81.1 Å². The van der Waals surface area contributed by atoms with Gasteiger partial charge in [0.1, 0.15) is 5.15 Å². The van der Waals surface area contributed by atoms with Crippen LogP contribution in [0.15, 0.2) is 12.1 Å². The Morgan fingerprint density at radius 1 is 1.43 bits per heavy atom. The largest absolute Gasteiger partial charge is 0.543 e. The number of pyridine rings is 1. The fourth-order valence-corrected chi connectivity index (χ4v) is 1.02. The highest BCUT2D eigenvalue weighted by Gasteiger charge is 2.33. The number of aromatic nitrogens is 1. The van der Waals surface area contributed by atoms with Crippen LogP contribution in [-0.4, -0.2) is 11.0 Å². The first-order chi connectivity index (χ1) is 6.32. The number of rotatable bonds is 1. The molecule has 0 bridgehead atoms. The smallest absolute Gasteiger partial charge is 0.419 e. The zero-order valence-corrected chi connectivity index (χ0v) is 7.19. The van der Waals surface area contributed by atoms with Crippen LogP contribution in [-0.2, 0) is 6.18 Å². The van der Waals surface area contributed by atoms with Crippen LogP contribution >= 0.6 is 11.6 Å². The summed E-state index contributed by atoms with van der Waals surface area (Å²) >= 11 is 5.14. The van der Waals surface area contributed by atoms with E-state index in [9.17, 15) is 23.1 Å². The summed E-state index contributed by atoms with van der Waals surface area (Å²) in [7, 11) is 0. The topological polar surface area (TPSA) is 53.0 Å². The third kappa shape index (κ3) is 2.14. The van der Waals surface area contributed by atoms with Gasteiger partial charge < -0.3 is 9.90 Å². The van der Waals surface area contributed by atoms with E-state index in [-0.39, 0.29) is 0 Å². The van der Waals surface area contributed by atoms with Gasteiger partial charge in [0.15, 0.2) is 0 Å². The summed E-state index contributed by atoms with van der Waals surface area (Å²) in [6.07, 6.45) is -4.64. The zero-order valence-electron chi connectivity index (χ0n) is 6.43. The van der Waals surface area contributed by atoms with E-state index in [1.165, 1.54) is 0 Å². The van der Waals surface area contributed by atoms with E-state index >= 15 is 0 Å². The predicted molar refractivity (Wildman–Crippen MR) is 38.6 cm³/mol. The SMILES string of the molecule is O=C([O-])c1ccc(C(F)(F)F)c(Cl)n1. The molecular weight excluding hydrogens is 223 g/mol. The Hall–Kier alpha value is -1.30. The van der Waals surface area contributed by atoms with Crippen LogP contribution in [0.5, 0.6) is 0 Å². The number of nitrogens with zero attached hydrogens (tertiary/aromatic N) is 1. The summed E-state index contributed by atoms with van der Waals surface area (Å²) < 4.78 is 36.3. The van der Waals surface area contributed by atoms with Gasteiger partial charge >= 0.3 is 6.18 Å². The molecule has 3 nitrogen and oxygen atoms in total. The average Bonchev–Trinajstić information content (AvgIpc) is 2.01. The van der Waals surface area contributed by atoms with Crippen molar-refractivity contribution in [2.45, 2.75) is 6.18 Å². The average molecular weight is 225 g/mol. The fraction of sp³-hybridized carbons (Fsp3) is 0.143. The monoisotopic (exact) mass is 224 g/mol. The van der Waals surface area contributed by atoms with E-state index in [1.54, 1.807) is 0 Å². The highest BCUT2D eigenvalue weighted by Crippen LogP contribution is 2.33. The lowest BCUT2D eigenvalue weighted by Crippen LogP contribution is -2.24. The minimum atomic E-state index is -4.64. The minimum Gasteiger partial charge on any atom is -0.543 e. The van der Waals surface area contributed by atoms with Gasteiger partial charge in [-0.25, -0.2) is 4.98 Å². The molecule has 0 radical (unpaired) electrons. The van der Waals surface area contributed by atoms with Gasteiger partial charge in [0.25, 0.3) is 0 Å². The van der Waals surface area contributed by atoms with Crippen LogP contribution in [0.1, 0.15) is 16.1 Å². The van der Waals surface area contributed by atoms with Crippen LogP contribution in [0, 0.1) is 0 Å². The minimum absolute atomic E-state index is 0.542. The molecule has 1 aromatic heterocycles. The van der Waals surface area contributed by atoms with Crippen LogP contribution in [0.3, 0.4) is 0 Å². The number of alkyl halides is 3. The summed E-state index contributed by atoms with van der Waals surface area (Å²) in [6, 6.07) is 1.23. The van der Waals surface area contributed by atoms with Crippen LogP contribution in [0.4, 0.5) is 13.2 Å². The summed E-state index contributed by atoms with van der Waals surface area (Å²) in [5, 5.41) is 9.30. The Bertz CT molecular complexity index is 378. The second-order valence-electron chi connectivity index (χ2n) is 2.32. The van der Waals surface area contributed by atoms with Crippen molar-refractivity contribution in [2.75, 3.05) is 0 Å². The number of carboxylic acids is 1. The van der Waals surface area contributed by atoms with E-state index in [1.807, 2.05) is 0 Å². The molecule has 0 spiro atoms. The Kier molecular flexibility index (Phi) is 2.66. The molecule has 1 rings (SSSR count). The maximum absolute atomic E-state index is 12.1. The Balaban J connectivity index is 3.21. The number of aromatic carboxylic acids is 1. The molecule has 0 unspecified atom stereocenters. The standard InChI is InChI=1S/C7H3ClF3NO2/c8-5-3(7(9,10)11)1-2-4(12-5)6(13)14/h1-2H,(H,13,14)/p-1. The molecule has 0 atom stereocenters. The predicted octanol–water partition coefficient (Wildman–Crippen LogP) is 1.12. The summed E-state index contributed by atoms with van der Waals surface area (Å²) in [5.41, 5.74) is -1.81. The van der Waals surface area contributed by atoms with E-state index in [2.05, 4.69) is 4.98 Å². The van der Waals surface area contributed by atoms with Crippen molar-refractivity contribution in [3.63, 3.8) is 0 Å². The number of carbonyl (C=O) groups is 1. The molecule has 0 amide bonds. The first-order valence-electron chi connectivity index (χ1n) is 3.27. The van der Waals surface area contributed by atoms with Crippen molar-refractivity contribution in [1.29, 1.82) is 0 Å². The summed E-state index contributed by atoms with van der Waals surface area (Å²) in [6.45, 7) is 0. The fourth-order valence-electron chi connectivity index (χ4n) is 0.759. The number of halogens is 4. The lowest BCUT2D eigenvalue weighted by Gasteiger charge is -2.09. The number of carboxylic acid groups (broad SMARTS) is 1. The van der Waals surface area contributed by atoms with E-state index in [4.69, 9.17) is 11.6 Å². The molecule has 1 heterocycles. The second-order valence-corrected chi connectivity index (χ2v) is 2.68. The molecule has 0 aliphatic carbocycles. The highest BCUT2D eigenvalue weighted by molar-refractivity contribution is 6.30. The zero-order chi connectivity index (χ0) is 10.9. The molecule has 76 valence electrons. The van der Waals surface area contributed by atoms with Crippen molar-refractivity contribution in [1.82, 2.24) is 4.98 Å². The number of carbonyl (C=O) groups excluding carboxylic acids is 1. The van der Waals surface area contributed by atoms with Gasteiger partial charge in [0, 0.05) is 0 Å². The second kappa shape index (κ2) is 3.45. The molecule has 0 saturated carbocycles. The van der Waals surface area contributed by atoms with Crippen LogP contribution in [0.2, 0.25) is 5.15 Å². The summed E-state index contributed by atoms with van der Waals surface area (Å²) in [5.74, 6) is -1.68. The van der Waals surface area contributed by atoms with Crippen LogP contribution in [0.25, 0.3) is 0 Å². The highest BCUT2D eigenvalue weighted by atomic mass is 35.5. The van der Waals surface area contributed by atoms with Crippen molar-refractivity contribution in [2.24, 2.45) is 0 Å². The Morgan fingerprint density at radius 2 is 2.00 bits per heavy atom. The van der Waals surface area contributed by atoms with E-state index in [0.717, 1.165) is 0 Å². The van der Waals surface area contributed by atoms with Crippen molar-refractivity contribution in [3.8, 4) is 0 Å². The molecular formula is C7H2ClF3NO2-. The van der Waals surface area contributed by atoms with Gasteiger partial charge in [-0.05, 0) is 12.1 Å². The molecule has 0 fully saturated rings. The van der Waals surface area contributed by atoms with Gasteiger partial charge in [-0.15, -0.1) is 0 Å². The first-order valence-corrected chi connectivity index (χ1v) is 3.65. The third-order valence-corrected chi connectivity index (χ3v) is 1.65. The van der Waals surface area contributed by atoms with Gasteiger partial charge in [-0.2, -0.15) is 13.2 Å². The number of hydrogen-bond acceptors (Lipinski definition) is 3. The molecule has 1 aromatic rings. The van der Waals surface area contributed by atoms with Crippen molar-refractivity contribution >= 4 is 17.6 Å². The normalized spacial score (nSPS) is 11.4. The lowest BCUT2D eigenvalue weighted by molar-refractivity contribution is -0.255. The molecule has 0 saturated heterocycles. The van der Waals surface area contributed by atoms with Crippen LogP contribution < -0.4 is 5.11 Å². The quantitative estimate of drug-likeness (QED) is 0.672. The van der Waals surface area contributed by atoms with Crippen molar-refractivity contribution in [3.05, 3.63) is 28.5 Å². The maximum Gasteiger partial charge on any atom is 0.419 e. The van der Waals surface area contributed by atoms with E-state index < -0.39 is 28.6 Å². The van der Waals surface area contributed by atoms with Crippen molar-refractivity contribution < 1.29 is 23.1 Å². The summed E-state index contributed by atoms with van der Waals surface area (Å²) in [4.78, 5) is 13.2. The first kappa shape index (κ1) is 10.8. The van der Waals surface area contributed by atoms with Gasteiger partial charge in [0.05, 0.1) is 17.2 Å². The third-order valence-electron chi connectivity index (χ3n) is 1.36. The van der Waals surface area contributed by atoms with Gasteiger partial charge in [0.2, 0.25) is 0 Å². The maximum atomic E-state index is 12.1. The molecule has 0 aliphatic rings. The molecule has 7 heteroatoms. The molecule has 14 heavy (non-hydrogen) atoms. The number of hydrogen-bond donors (Lipinski definition) is 0. The van der Waals surface area contributed by atoms with Gasteiger partial charge in [-0.3, -0.25) is 0 Å². The Morgan fingerprint density at radius 3 is 2.36 bits per heavy atom. The molecule has 0 N–H and O–H groups in total. The van der Waals surface area contributed by atoms with E-state index in [0.29, 0.717) is 12.1 Å². The molecule has 0 aromatic carbocycles. The lowest BCUT2D eigenvalue weighted by atomic mass is 10.2. The molecule has 0 aliphatic heterocycles.